The maximum atomic E-state index is 11.5. The van der Waals surface area contributed by atoms with Gasteiger partial charge in [0.15, 0.2) is 0 Å². The molecule has 0 bridgehead atoms. The Bertz CT molecular complexity index is 333. The number of nitrogens with zero attached hydrogens (tertiary/aromatic N) is 1. The quantitative estimate of drug-likeness (QED) is 0.723. The van der Waals surface area contributed by atoms with E-state index in [4.69, 9.17) is 0 Å². The van der Waals surface area contributed by atoms with E-state index >= 15 is 0 Å². The number of rotatable bonds is 6. The minimum Gasteiger partial charge on any atom is -0.303 e. The molecule has 0 unspecified atom stereocenters. The van der Waals surface area contributed by atoms with Crippen molar-refractivity contribution >= 4 is 10.2 Å². The molecular formula is C11H23N3O2S. The summed E-state index contributed by atoms with van der Waals surface area (Å²) in [6.07, 6.45) is 4.62. The van der Waals surface area contributed by atoms with Crippen LogP contribution in [0.25, 0.3) is 0 Å². The molecule has 6 heteroatoms. The predicted octanol–water partition coefficient (Wildman–Crippen LogP) is 0.305. The van der Waals surface area contributed by atoms with Gasteiger partial charge in [0.25, 0.3) is 10.2 Å². The van der Waals surface area contributed by atoms with Crippen molar-refractivity contribution < 1.29 is 8.42 Å². The van der Waals surface area contributed by atoms with E-state index in [1.807, 2.05) is 0 Å². The number of hydrogen-bond acceptors (Lipinski definition) is 3. The highest BCUT2D eigenvalue weighted by atomic mass is 32.2. The van der Waals surface area contributed by atoms with Crippen LogP contribution in [0.1, 0.15) is 32.6 Å². The Labute approximate surface area is 104 Å². The zero-order chi connectivity index (χ0) is 12.3. The van der Waals surface area contributed by atoms with Gasteiger partial charge in [0.2, 0.25) is 0 Å². The average molecular weight is 261 g/mol. The Morgan fingerprint density at radius 2 is 1.82 bits per heavy atom. The molecule has 1 saturated heterocycles. The average Bonchev–Trinajstić information content (AvgIpc) is 3.04. The maximum Gasteiger partial charge on any atom is 0.277 e. The topological polar surface area (TPSA) is 61.4 Å². The largest absolute Gasteiger partial charge is 0.303 e. The third-order valence-electron chi connectivity index (χ3n) is 3.46. The highest BCUT2D eigenvalue weighted by Gasteiger charge is 2.28. The molecule has 2 N–H and O–H groups in total. The summed E-state index contributed by atoms with van der Waals surface area (Å²) in [6, 6.07) is 0.106. The van der Waals surface area contributed by atoms with Gasteiger partial charge >= 0.3 is 0 Å². The van der Waals surface area contributed by atoms with Crippen LogP contribution in [0.5, 0.6) is 0 Å². The molecule has 2 fully saturated rings. The van der Waals surface area contributed by atoms with Crippen LogP contribution in [0.15, 0.2) is 0 Å². The molecule has 2 aliphatic rings. The van der Waals surface area contributed by atoms with Gasteiger partial charge in [-0.25, -0.2) is 4.72 Å². The van der Waals surface area contributed by atoms with Crippen molar-refractivity contribution in [1.29, 1.82) is 0 Å². The van der Waals surface area contributed by atoms with Gasteiger partial charge in [0.05, 0.1) is 0 Å². The molecule has 0 spiro atoms. The lowest BCUT2D eigenvalue weighted by atomic mass is 10.1. The first-order valence-corrected chi connectivity index (χ1v) is 8.06. The van der Waals surface area contributed by atoms with E-state index in [0.29, 0.717) is 6.54 Å². The van der Waals surface area contributed by atoms with Crippen molar-refractivity contribution in [3.05, 3.63) is 0 Å². The summed E-state index contributed by atoms with van der Waals surface area (Å²) < 4.78 is 28.3. The van der Waals surface area contributed by atoms with Crippen molar-refractivity contribution in [2.75, 3.05) is 26.2 Å². The third-order valence-corrected chi connectivity index (χ3v) is 4.77. The molecule has 0 aromatic carbocycles. The Morgan fingerprint density at radius 1 is 1.18 bits per heavy atom. The fourth-order valence-corrected chi connectivity index (χ4v) is 3.49. The van der Waals surface area contributed by atoms with Crippen LogP contribution in [0.2, 0.25) is 0 Å². The maximum absolute atomic E-state index is 11.5. The Kier molecular flexibility index (Phi) is 4.41. The van der Waals surface area contributed by atoms with Crippen LogP contribution in [0.3, 0.4) is 0 Å². The number of likely N-dealkylation sites (tertiary alicyclic amines) is 1. The standard InChI is InChI=1S/C11H23N3O2S/c1-2-12-17(15,16)13-11-5-7-14(8-6-11)9-10-3-4-10/h10-13H,2-9H2,1H3. The Balaban J connectivity index is 1.70. The van der Waals surface area contributed by atoms with Gasteiger partial charge < -0.3 is 4.90 Å². The summed E-state index contributed by atoms with van der Waals surface area (Å²) >= 11 is 0. The van der Waals surface area contributed by atoms with Gasteiger partial charge in [-0.05, 0) is 44.7 Å². The lowest BCUT2D eigenvalue weighted by molar-refractivity contribution is 0.200. The first kappa shape index (κ1) is 13.3. The molecule has 0 atom stereocenters. The molecule has 17 heavy (non-hydrogen) atoms. The zero-order valence-electron chi connectivity index (χ0n) is 10.5. The first-order chi connectivity index (χ1) is 8.09. The van der Waals surface area contributed by atoms with Gasteiger partial charge in [-0.15, -0.1) is 0 Å². The van der Waals surface area contributed by atoms with Crippen molar-refractivity contribution in [2.24, 2.45) is 5.92 Å². The Hall–Kier alpha value is -0.170. The van der Waals surface area contributed by atoms with Crippen LogP contribution in [0, 0.1) is 5.92 Å². The van der Waals surface area contributed by atoms with Crippen LogP contribution in [-0.4, -0.2) is 45.5 Å². The van der Waals surface area contributed by atoms with E-state index in [1.54, 1.807) is 6.92 Å². The molecular weight excluding hydrogens is 238 g/mol. The molecule has 1 heterocycles. The van der Waals surface area contributed by atoms with Crippen molar-refractivity contribution in [2.45, 2.75) is 38.6 Å². The smallest absolute Gasteiger partial charge is 0.277 e. The second-order valence-electron chi connectivity index (χ2n) is 5.14. The summed E-state index contributed by atoms with van der Waals surface area (Å²) in [5.74, 6) is 0.921. The fourth-order valence-electron chi connectivity index (χ4n) is 2.35. The third kappa shape index (κ3) is 4.54. The van der Waals surface area contributed by atoms with E-state index in [0.717, 1.165) is 31.8 Å². The monoisotopic (exact) mass is 261 g/mol. The first-order valence-electron chi connectivity index (χ1n) is 6.58. The Morgan fingerprint density at radius 3 is 2.35 bits per heavy atom. The second kappa shape index (κ2) is 5.65. The number of nitrogens with one attached hydrogen (secondary N) is 2. The number of piperidine rings is 1. The molecule has 1 aliphatic carbocycles. The SMILES string of the molecule is CCNS(=O)(=O)NC1CCN(CC2CC2)CC1. The van der Waals surface area contributed by atoms with E-state index in [9.17, 15) is 8.42 Å². The highest BCUT2D eigenvalue weighted by molar-refractivity contribution is 7.87. The van der Waals surface area contributed by atoms with Crippen molar-refractivity contribution in [1.82, 2.24) is 14.3 Å². The summed E-state index contributed by atoms with van der Waals surface area (Å²) in [4.78, 5) is 2.47. The lowest BCUT2D eigenvalue weighted by Crippen LogP contribution is -2.48. The van der Waals surface area contributed by atoms with Gasteiger partial charge in [0.1, 0.15) is 0 Å². The fraction of sp³-hybridized carbons (Fsp3) is 1.00. The van der Waals surface area contributed by atoms with E-state index < -0.39 is 10.2 Å². The van der Waals surface area contributed by atoms with Crippen LogP contribution >= 0.6 is 0 Å². The molecule has 0 radical (unpaired) electrons. The zero-order valence-corrected chi connectivity index (χ0v) is 11.3. The predicted molar refractivity (Wildman–Crippen MR) is 67.9 cm³/mol. The lowest BCUT2D eigenvalue weighted by Gasteiger charge is -2.32. The highest BCUT2D eigenvalue weighted by Crippen LogP contribution is 2.30. The van der Waals surface area contributed by atoms with E-state index in [1.165, 1.54) is 19.4 Å². The summed E-state index contributed by atoms with van der Waals surface area (Å²) in [7, 11) is -3.28. The van der Waals surface area contributed by atoms with Gasteiger partial charge in [0, 0.05) is 19.1 Å². The second-order valence-corrected chi connectivity index (χ2v) is 6.67. The summed E-state index contributed by atoms with van der Waals surface area (Å²) in [5, 5.41) is 0. The molecule has 2 rings (SSSR count). The minimum atomic E-state index is -3.28. The summed E-state index contributed by atoms with van der Waals surface area (Å²) in [6.45, 7) is 5.49. The molecule has 0 aromatic rings. The normalized spacial score (nSPS) is 24.1. The summed E-state index contributed by atoms with van der Waals surface area (Å²) in [5.41, 5.74) is 0. The number of hydrogen-bond donors (Lipinski definition) is 2. The van der Waals surface area contributed by atoms with Crippen LogP contribution < -0.4 is 9.44 Å². The van der Waals surface area contributed by atoms with Gasteiger partial charge in [-0.2, -0.15) is 13.1 Å². The van der Waals surface area contributed by atoms with Gasteiger partial charge in [-0.1, -0.05) is 6.92 Å². The molecule has 1 saturated carbocycles. The van der Waals surface area contributed by atoms with Gasteiger partial charge in [-0.3, -0.25) is 0 Å². The van der Waals surface area contributed by atoms with Crippen molar-refractivity contribution in [3.63, 3.8) is 0 Å². The molecule has 0 aromatic heterocycles. The molecule has 0 amide bonds. The molecule has 5 nitrogen and oxygen atoms in total. The van der Waals surface area contributed by atoms with E-state index in [-0.39, 0.29) is 6.04 Å². The molecule has 100 valence electrons. The van der Waals surface area contributed by atoms with Crippen LogP contribution in [0.4, 0.5) is 0 Å². The van der Waals surface area contributed by atoms with Crippen LogP contribution in [-0.2, 0) is 10.2 Å². The minimum absolute atomic E-state index is 0.106. The van der Waals surface area contributed by atoms with Crippen molar-refractivity contribution in [3.8, 4) is 0 Å². The molecule has 1 aliphatic heterocycles. The van der Waals surface area contributed by atoms with E-state index in [2.05, 4.69) is 14.3 Å².